The molecule has 10 nitrogen and oxygen atoms in total. The molecule has 0 aliphatic rings. The second kappa shape index (κ2) is 26.6. The molecule has 9 aromatic carbocycles. The van der Waals surface area contributed by atoms with E-state index in [2.05, 4.69) is 214 Å². The molecule has 0 saturated heterocycles. The molecule has 0 aliphatic heterocycles. The molecule has 0 aromatic heterocycles. The van der Waals surface area contributed by atoms with Gasteiger partial charge in [-0.3, -0.25) is 10.1 Å². The first-order valence-electron chi connectivity index (χ1n) is 26.2. The summed E-state index contributed by atoms with van der Waals surface area (Å²) in [5.74, 6) is 1.53. The second-order valence-corrected chi connectivity index (χ2v) is 18.5. The van der Waals surface area contributed by atoms with Gasteiger partial charge in [0.25, 0.3) is 5.69 Å². The van der Waals surface area contributed by atoms with Crippen LogP contribution in [0.1, 0.15) is 54.9 Å². The number of anilines is 7. The lowest BCUT2D eigenvalue weighted by Crippen LogP contribution is -2.23. The number of nitro groups is 1. The van der Waals surface area contributed by atoms with Crippen molar-refractivity contribution in [1.29, 1.82) is 0 Å². The quantitative estimate of drug-likeness (QED) is 0.0196. The third-order valence-electron chi connectivity index (χ3n) is 13.0. The van der Waals surface area contributed by atoms with Gasteiger partial charge in [-0.15, -0.1) is 0 Å². The minimum absolute atomic E-state index is 0.00870. The Bertz CT molecular complexity index is 3280. The Labute approximate surface area is 452 Å². The van der Waals surface area contributed by atoms with E-state index in [1.54, 1.807) is 12.1 Å². The number of nitrogens with zero attached hydrogens (tertiary/aromatic N) is 6. The smallest absolute Gasteiger partial charge is 0.269 e. The molecule has 384 valence electrons. The minimum Gasteiger partial charge on any atom is -0.493 e. The van der Waals surface area contributed by atoms with Crippen molar-refractivity contribution in [2.75, 3.05) is 41.5 Å². The molecule has 0 atom stereocenters. The summed E-state index contributed by atoms with van der Waals surface area (Å²) in [5, 5.41) is 19.7. The van der Waals surface area contributed by atoms with E-state index in [0.29, 0.717) is 31.1 Å². The maximum Gasteiger partial charge on any atom is 0.269 e. The van der Waals surface area contributed by atoms with Crippen LogP contribution in [-0.4, -0.2) is 31.7 Å². The van der Waals surface area contributed by atoms with Crippen LogP contribution in [0.3, 0.4) is 0 Å². The number of rotatable bonds is 24. The number of para-hydroxylation sites is 4. The number of unbranched alkanes of at least 4 members (excludes halogenated alkanes) is 3. The average molecular weight is 1020 g/mol. The van der Waals surface area contributed by atoms with Crippen molar-refractivity contribution >= 4 is 81.2 Å². The lowest BCUT2D eigenvalue weighted by Gasteiger charge is -2.25. The Morgan fingerprint density at radius 2 is 0.818 bits per heavy atom. The van der Waals surface area contributed by atoms with Gasteiger partial charge in [-0.1, -0.05) is 148 Å². The van der Waals surface area contributed by atoms with Crippen molar-refractivity contribution in [3.63, 3.8) is 0 Å². The molecule has 9 rings (SSSR count). The number of likely N-dealkylation sites (N-methyl/N-ethyl adjacent to an activating group) is 1. The summed E-state index contributed by atoms with van der Waals surface area (Å²) in [4.78, 5) is 17.3. The maximum absolute atomic E-state index is 11.1. The first-order valence-corrected chi connectivity index (χ1v) is 26.2. The summed E-state index contributed by atoms with van der Waals surface area (Å²) < 4.78 is 13.4. The summed E-state index contributed by atoms with van der Waals surface area (Å²) in [6.07, 6.45) is 12.9. The van der Waals surface area contributed by atoms with Gasteiger partial charge >= 0.3 is 0 Å². The molecule has 9 aromatic rings. The maximum atomic E-state index is 11.1. The highest BCUT2D eigenvalue weighted by Gasteiger charge is 2.15. The number of hydrogen-bond acceptors (Lipinski definition) is 9. The van der Waals surface area contributed by atoms with Crippen molar-refractivity contribution in [1.82, 2.24) is 0 Å². The molecule has 0 unspecified atom stereocenters. The average Bonchev–Trinajstić information content (AvgIpc) is 3.49. The summed E-state index contributed by atoms with van der Waals surface area (Å²) >= 11 is 0. The highest BCUT2D eigenvalue weighted by molar-refractivity contribution is 5.82. The molecule has 0 amide bonds. The van der Waals surface area contributed by atoms with Crippen LogP contribution in [0, 0.1) is 10.1 Å². The third kappa shape index (κ3) is 14.4. The van der Waals surface area contributed by atoms with Crippen molar-refractivity contribution in [2.45, 2.75) is 32.6 Å². The molecule has 10 heteroatoms. The first kappa shape index (κ1) is 52.3. The monoisotopic (exact) mass is 1010 g/mol. The van der Waals surface area contributed by atoms with Crippen molar-refractivity contribution < 1.29 is 14.4 Å². The van der Waals surface area contributed by atoms with Crippen LogP contribution in [0.15, 0.2) is 241 Å². The molecule has 0 aliphatic carbocycles. The van der Waals surface area contributed by atoms with E-state index in [-0.39, 0.29) is 5.69 Å². The van der Waals surface area contributed by atoms with Gasteiger partial charge < -0.3 is 24.2 Å². The Morgan fingerprint density at radius 1 is 0.442 bits per heavy atom. The number of nitro benzene ring substituents is 1. The van der Waals surface area contributed by atoms with Crippen LogP contribution in [-0.2, 0) is 0 Å². The van der Waals surface area contributed by atoms with E-state index in [1.165, 1.54) is 18.6 Å². The summed E-state index contributed by atoms with van der Waals surface area (Å²) in [7, 11) is 2.03. The van der Waals surface area contributed by atoms with Gasteiger partial charge in [0.05, 0.1) is 29.4 Å². The van der Waals surface area contributed by atoms with E-state index < -0.39 is 4.92 Å². The fourth-order valence-electron chi connectivity index (χ4n) is 8.81. The predicted molar refractivity (Wildman–Crippen MR) is 319 cm³/mol. The van der Waals surface area contributed by atoms with Crippen LogP contribution >= 0.6 is 0 Å². The molecule has 77 heavy (non-hydrogen) atoms. The van der Waals surface area contributed by atoms with Crippen LogP contribution in [0.4, 0.5) is 56.9 Å². The van der Waals surface area contributed by atoms with E-state index in [9.17, 15) is 10.1 Å². The molecule has 0 fully saturated rings. The van der Waals surface area contributed by atoms with E-state index >= 15 is 0 Å². The van der Waals surface area contributed by atoms with Crippen molar-refractivity contribution in [2.24, 2.45) is 10.2 Å². The highest BCUT2D eigenvalue weighted by atomic mass is 16.6. The summed E-state index contributed by atoms with van der Waals surface area (Å²) in [5.41, 5.74) is 12.6. The van der Waals surface area contributed by atoms with Gasteiger partial charge in [-0.2, -0.15) is 10.2 Å². The highest BCUT2D eigenvalue weighted by Crippen LogP contribution is 2.38. The number of ether oxygens (including phenoxy) is 2. The number of hydrogen-bond donors (Lipinski definition) is 0. The van der Waals surface area contributed by atoms with Gasteiger partial charge in [0.1, 0.15) is 18.1 Å². The zero-order valence-electron chi connectivity index (χ0n) is 43.5. The topological polar surface area (TPSA) is 96.0 Å². The zero-order valence-corrected chi connectivity index (χ0v) is 43.5. The van der Waals surface area contributed by atoms with Crippen LogP contribution < -0.4 is 24.2 Å². The van der Waals surface area contributed by atoms with Gasteiger partial charge in [0.2, 0.25) is 0 Å². The molecule has 0 N–H and O–H groups in total. The first-order chi connectivity index (χ1) is 37.9. The summed E-state index contributed by atoms with van der Waals surface area (Å²) in [6, 6.07) is 76.9. The molecule has 0 bridgehead atoms. The predicted octanol–water partition coefficient (Wildman–Crippen LogP) is 18.8. The molecule has 0 spiro atoms. The Kier molecular flexibility index (Phi) is 18.1. The molecular formula is C67H62N6O4. The Morgan fingerprint density at radius 3 is 1.22 bits per heavy atom. The lowest BCUT2D eigenvalue weighted by atomic mass is 10.0. The van der Waals surface area contributed by atoms with Crippen molar-refractivity contribution in [3.05, 3.63) is 263 Å². The normalized spacial score (nSPS) is 11.3. The lowest BCUT2D eigenvalue weighted by molar-refractivity contribution is -0.384. The molecular weight excluding hydrogens is 953 g/mol. The van der Waals surface area contributed by atoms with Gasteiger partial charge in [0.15, 0.2) is 0 Å². The van der Waals surface area contributed by atoms with Crippen LogP contribution in [0.2, 0.25) is 0 Å². The van der Waals surface area contributed by atoms with Gasteiger partial charge in [-0.05, 0) is 139 Å². The standard InChI is InChI=1S/C67H62N6O4/c1-3-4-5-18-48-76-66-50-55(34-28-53-31-41-64(42-32-53)72(61-23-14-8-15-24-61)62-25-16-9-17-26-62)67(77-49-47-70(2)58-43-35-56(36-44-58)68-69-57-37-45-65(46-38-57)73(74)75)51-54(66)33-27-52-29-39-63(40-30-52)71(59-19-10-6-11-20-59)60-21-12-7-13-22-60/h6-17,19-46,50-51H,3-5,18,47-49H2,1-2H3/b33-27+,34-28+,69-68?. The Hall–Kier alpha value is -9.54. The fourth-order valence-corrected chi connectivity index (χ4v) is 8.81. The van der Waals surface area contributed by atoms with Crippen LogP contribution in [0.5, 0.6) is 11.5 Å². The van der Waals surface area contributed by atoms with Crippen LogP contribution in [0.25, 0.3) is 24.3 Å². The number of non-ortho nitro benzene ring substituents is 1. The van der Waals surface area contributed by atoms with Gasteiger partial charge in [-0.25, -0.2) is 0 Å². The molecule has 0 saturated carbocycles. The SMILES string of the molecule is CCCCCCOc1cc(/C=C/c2ccc(N(c3ccccc3)c3ccccc3)cc2)c(OCCN(C)c2ccc(N=Nc3ccc([N+](=O)[O-])cc3)cc2)cc1/C=C/c1ccc(N(c2ccccc2)c2ccccc2)cc1. The number of benzene rings is 9. The Balaban J connectivity index is 0.988. The largest absolute Gasteiger partial charge is 0.493 e. The van der Waals surface area contributed by atoms with E-state index in [1.807, 2.05) is 55.6 Å². The second-order valence-electron chi connectivity index (χ2n) is 18.5. The van der Waals surface area contributed by atoms with Crippen molar-refractivity contribution in [3.8, 4) is 11.5 Å². The summed E-state index contributed by atoms with van der Waals surface area (Å²) in [6.45, 7) is 3.84. The molecule has 0 heterocycles. The number of azo groups is 1. The van der Waals surface area contributed by atoms with Gasteiger partial charge in [0, 0.05) is 70.1 Å². The van der Waals surface area contributed by atoms with E-state index in [4.69, 9.17) is 9.47 Å². The zero-order chi connectivity index (χ0) is 53.0. The minimum atomic E-state index is -0.434. The molecule has 0 radical (unpaired) electrons. The fraction of sp³-hybridized carbons (Fsp3) is 0.134. The third-order valence-corrected chi connectivity index (χ3v) is 13.0. The van der Waals surface area contributed by atoms with E-state index in [0.717, 1.165) is 92.8 Å².